The van der Waals surface area contributed by atoms with Crippen molar-refractivity contribution in [3.8, 4) is 5.75 Å². The minimum Gasteiger partial charge on any atom is -0.496 e. The van der Waals surface area contributed by atoms with Crippen LogP contribution in [0.3, 0.4) is 0 Å². The van der Waals surface area contributed by atoms with Crippen molar-refractivity contribution < 1.29 is 9.15 Å². The summed E-state index contributed by atoms with van der Waals surface area (Å²) in [5.41, 5.74) is 1.15. The van der Waals surface area contributed by atoms with Crippen molar-refractivity contribution in [2.24, 2.45) is 0 Å². The highest BCUT2D eigenvalue weighted by Crippen LogP contribution is 2.17. The summed E-state index contributed by atoms with van der Waals surface area (Å²) in [6, 6.07) is 12.0. The summed E-state index contributed by atoms with van der Waals surface area (Å²) in [5, 5.41) is 3.33. The summed E-state index contributed by atoms with van der Waals surface area (Å²) >= 11 is 0. The molecule has 0 aliphatic rings. The van der Waals surface area contributed by atoms with E-state index in [4.69, 9.17) is 9.15 Å². The number of furan rings is 1. The summed E-state index contributed by atoms with van der Waals surface area (Å²) in [5.74, 6) is 2.81. The van der Waals surface area contributed by atoms with Gasteiger partial charge in [0.25, 0.3) is 0 Å². The Morgan fingerprint density at radius 2 is 1.94 bits per heavy atom. The van der Waals surface area contributed by atoms with E-state index in [9.17, 15) is 0 Å². The predicted octanol–water partition coefficient (Wildman–Crippen LogP) is 2.89. The Labute approximate surface area is 101 Å². The lowest BCUT2D eigenvalue weighted by molar-refractivity contribution is 0.406. The first-order valence-corrected chi connectivity index (χ1v) is 5.67. The smallest absolute Gasteiger partial charge is 0.123 e. The molecule has 0 bridgehead atoms. The Bertz CT molecular complexity index is 477. The van der Waals surface area contributed by atoms with Gasteiger partial charge in [0.05, 0.1) is 13.7 Å². The number of methoxy groups -OCH3 is 1. The van der Waals surface area contributed by atoms with Gasteiger partial charge < -0.3 is 14.5 Å². The van der Waals surface area contributed by atoms with Crippen molar-refractivity contribution in [3.05, 3.63) is 53.5 Å². The number of ether oxygens (including phenoxy) is 1. The lowest BCUT2D eigenvalue weighted by Gasteiger charge is -2.08. The minimum absolute atomic E-state index is 0.728. The molecule has 2 aromatic rings. The van der Waals surface area contributed by atoms with Crippen LogP contribution in [0.2, 0.25) is 0 Å². The van der Waals surface area contributed by atoms with Crippen molar-refractivity contribution in [2.75, 3.05) is 7.11 Å². The molecule has 0 amide bonds. The van der Waals surface area contributed by atoms with Gasteiger partial charge >= 0.3 is 0 Å². The molecule has 0 spiro atoms. The largest absolute Gasteiger partial charge is 0.496 e. The van der Waals surface area contributed by atoms with Crippen molar-refractivity contribution >= 4 is 0 Å². The normalized spacial score (nSPS) is 10.5. The van der Waals surface area contributed by atoms with E-state index in [1.165, 1.54) is 0 Å². The highest BCUT2D eigenvalue weighted by Gasteiger charge is 2.02. The summed E-state index contributed by atoms with van der Waals surface area (Å²) in [6.07, 6.45) is 0. The molecule has 2 rings (SSSR count). The standard InChI is InChI=1S/C14H17NO2/c1-11-7-8-13(17-11)10-15-9-12-5-3-4-6-14(12)16-2/h3-8,15H,9-10H2,1-2H3. The zero-order valence-electron chi connectivity index (χ0n) is 10.2. The molecule has 0 radical (unpaired) electrons. The van der Waals surface area contributed by atoms with Gasteiger partial charge in [0.1, 0.15) is 17.3 Å². The molecule has 17 heavy (non-hydrogen) atoms. The van der Waals surface area contributed by atoms with Crippen LogP contribution in [0.4, 0.5) is 0 Å². The Morgan fingerprint density at radius 3 is 2.65 bits per heavy atom. The fourth-order valence-corrected chi connectivity index (χ4v) is 1.75. The number of nitrogens with one attached hydrogen (secondary N) is 1. The lowest BCUT2D eigenvalue weighted by atomic mass is 10.2. The van der Waals surface area contributed by atoms with Gasteiger partial charge in [-0.2, -0.15) is 0 Å². The second-order valence-corrected chi connectivity index (χ2v) is 3.93. The Morgan fingerprint density at radius 1 is 1.12 bits per heavy atom. The zero-order valence-corrected chi connectivity index (χ0v) is 10.2. The molecular weight excluding hydrogens is 214 g/mol. The number of para-hydroxylation sites is 1. The molecule has 1 aromatic carbocycles. The van der Waals surface area contributed by atoms with Crippen LogP contribution in [0.1, 0.15) is 17.1 Å². The first-order valence-electron chi connectivity index (χ1n) is 5.67. The average molecular weight is 231 g/mol. The summed E-state index contributed by atoms with van der Waals surface area (Å²) in [4.78, 5) is 0. The molecule has 90 valence electrons. The number of aryl methyl sites for hydroxylation is 1. The van der Waals surface area contributed by atoms with Gasteiger partial charge in [-0.3, -0.25) is 0 Å². The number of hydrogen-bond acceptors (Lipinski definition) is 3. The second-order valence-electron chi connectivity index (χ2n) is 3.93. The van der Waals surface area contributed by atoms with Crippen LogP contribution in [0.15, 0.2) is 40.8 Å². The first kappa shape index (κ1) is 11.7. The van der Waals surface area contributed by atoms with E-state index in [1.807, 2.05) is 37.3 Å². The van der Waals surface area contributed by atoms with Crippen LogP contribution in [-0.2, 0) is 13.1 Å². The Hall–Kier alpha value is -1.74. The predicted molar refractivity (Wildman–Crippen MR) is 67.0 cm³/mol. The SMILES string of the molecule is COc1ccccc1CNCc1ccc(C)o1. The highest BCUT2D eigenvalue weighted by atomic mass is 16.5. The van der Waals surface area contributed by atoms with Gasteiger partial charge in [0.15, 0.2) is 0 Å². The third-order valence-corrected chi connectivity index (χ3v) is 2.60. The maximum atomic E-state index is 5.48. The van der Waals surface area contributed by atoms with Gasteiger partial charge in [0, 0.05) is 12.1 Å². The van der Waals surface area contributed by atoms with Crippen molar-refractivity contribution in [1.82, 2.24) is 5.32 Å². The second kappa shape index (κ2) is 5.55. The molecule has 3 nitrogen and oxygen atoms in total. The van der Waals surface area contributed by atoms with Crippen LogP contribution in [-0.4, -0.2) is 7.11 Å². The molecule has 3 heteroatoms. The third kappa shape index (κ3) is 3.11. The molecule has 1 aromatic heterocycles. The molecule has 1 heterocycles. The molecule has 0 fully saturated rings. The number of rotatable bonds is 5. The topological polar surface area (TPSA) is 34.4 Å². The Kier molecular flexibility index (Phi) is 3.83. The fraction of sp³-hybridized carbons (Fsp3) is 0.286. The van der Waals surface area contributed by atoms with E-state index < -0.39 is 0 Å². The van der Waals surface area contributed by atoms with E-state index in [2.05, 4.69) is 11.4 Å². The van der Waals surface area contributed by atoms with Gasteiger partial charge in [-0.1, -0.05) is 18.2 Å². The zero-order chi connectivity index (χ0) is 12.1. The molecule has 0 saturated carbocycles. The van der Waals surface area contributed by atoms with E-state index in [0.717, 1.165) is 35.9 Å². The van der Waals surface area contributed by atoms with Gasteiger partial charge in [0.2, 0.25) is 0 Å². The highest BCUT2D eigenvalue weighted by molar-refractivity contribution is 5.32. The van der Waals surface area contributed by atoms with E-state index in [0.29, 0.717) is 0 Å². The summed E-state index contributed by atoms with van der Waals surface area (Å²) < 4.78 is 10.8. The van der Waals surface area contributed by atoms with Crippen LogP contribution >= 0.6 is 0 Å². The van der Waals surface area contributed by atoms with Gasteiger partial charge in [-0.05, 0) is 25.1 Å². The maximum absolute atomic E-state index is 5.48. The van der Waals surface area contributed by atoms with E-state index >= 15 is 0 Å². The maximum Gasteiger partial charge on any atom is 0.123 e. The van der Waals surface area contributed by atoms with Crippen LogP contribution in [0.25, 0.3) is 0 Å². The minimum atomic E-state index is 0.728. The lowest BCUT2D eigenvalue weighted by Crippen LogP contribution is -2.12. The van der Waals surface area contributed by atoms with Crippen molar-refractivity contribution in [1.29, 1.82) is 0 Å². The van der Waals surface area contributed by atoms with Crippen molar-refractivity contribution in [3.63, 3.8) is 0 Å². The van der Waals surface area contributed by atoms with E-state index in [-0.39, 0.29) is 0 Å². The molecule has 0 saturated heterocycles. The molecule has 0 aliphatic carbocycles. The molecular formula is C14H17NO2. The molecule has 0 aliphatic heterocycles. The third-order valence-electron chi connectivity index (χ3n) is 2.60. The van der Waals surface area contributed by atoms with Crippen LogP contribution in [0.5, 0.6) is 5.75 Å². The van der Waals surface area contributed by atoms with Crippen LogP contribution < -0.4 is 10.1 Å². The molecule has 1 N–H and O–H groups in total. The quantitative estimate of drug-likeness (QED) is 0.859. The Balaban J connectivity index is 1.89. The molecule has 0 atom stereocenters. The van der Waals surface area contributed by atoms with Crippen molar-refractivity contribution in [2.45, 2.75) is 20.0 Å². The number of benzene rings is 1. The molecule has 0 unspecified atom stereocenters. The van der Waals surface area contributed by atoms with Gasteiger partial charge in [-0.15, -0.1) is 0 Å². The number of hydrogen-bond donors (Lipinski definition) is 1. The van der Waals surface area contributed by atoms with Crippen LogP contribution in [0, 0.1) is 6.92 Å². The monoisotopic (exact) mass is 231 g/mol. The first-order chi connectivity index (χ1) is 8.29. The van der Waals surface area contributed by atoms with E-state index in [1.54, 1.807) is 7.11 Å². The van der Waals surface area contributed by atoms with Gasteiger partial charge in [-0.25, -0.2) is 0 Å². The fourth-order valence-electron chi connectivity index (χ4n) is 1.75. The summed E-state index contributed by atoms with van der Waals surface area (Å²) in [7, 11) is 1.69. The average Bonchev–Trinajstić information content (AvgIpc) is 2.76. The summed E-state index contributed by atoms with van der Waals surface area (Å²) in [6.45, 7) is 3.44.